The molecule has 1 amide bonds. The monoisotopic (exact) mass is 415 g/mol. The highest BCUT2D eigenvalue weighted by molar-refractivity contribution is 7.98. The van der Waals surface area contributed by atoms with Crippen LogP contribution < -0.4 is 11.3 Å². The molecule has 0 saturated carbocycles. The summed E-state index contributed by atoms with van der Waals surface area (Å²) in [6.07, 6.45) is 0. The molecular formula is C24H21N3O2S. The van der Waals surface area contributed by atoms with Gasteiger partial charge in [-0.1, -0.05) is 66.4 Å². The standard InChI is InChI=1S/C24H21N3O2S/c1-16(18-7-3-2-4-8-18)27-23(29)20-9-5-6-10-21(20)26-24(27)30-15-17-11-13-19(14-12-17)22(25)28/h2-14,16H,15H2,1H3,(H2,25,28)/t16-/m0/s1. The van der Waals surface area contributed by atoms with Gasteiger partial charge in [0, 0.05) is 11.3 Å². The summed E-state index contributed by atoms with van der Waals surface area (Å²) >= 11 is 1.50. The Bertz CT molecular complexity index is 1250. The third kappa shape index (κ3) is 4.00. The first-order chi connectivity index (χ1) is 14.5. The Kier molecular flexibility index (Phi) is 5.68. The van der Waals surface area contributed by atoms with Crippen molar-refractivity contribution in [2.24, 2.45) is 5.73 Å². The number of hydrogen-bond acceptors (Lipinski definition) is 4. The number of nitrogens with two attached hydrogens (primary N) is 1. The summed E-state index contributed by atoms with van der Waals surface area (Å²) in [6.45, 7) is 2.01. The Morgan fingerprint density at radius 2 is 1.67 bits per heavy atom. The number of carbonyl (C=O) groups excluding carboxylic acids is 1. The summed E-state index contributed by atoms with van der Waals surface area (Å²) in [5.74, 6) is 0.168. The number of fused-ring (bicyclic) bond motifs is 1. The highest BCUT2D eigenvalue weighted by atomic mass is 32.2. The zero-order chi connectivity index (χ0) is 21.1. The van der Waals surface area contributed by atoms with Gasteiger partial charge < -0.3 is 5.73 Å². The Morgan fingerprint density at radius 1 is 1.00 bits per heavy atom. The number of primary amides is 1. The van der Waals surface area contributed by atoms with Gasteiger partial charge in [0.15, 0.2) is 5.16 Å². The van der Waals surface area contributed by atoms with Crippen LogP contribution in [0, 0.1) is 0 Å². The van der Waals surface area contributed by atoms with Crippen molar-refractivity contribution in [3.8, 4) is 0 Å². The van der Waals surface area contributed by atoms with Gasteiger partial charge in [-0.15, -0.1) is 0 Å². The van der Waals surface area contributed by atoms with Crippen molar-refractivity contribution < 1.29 is 4.79 Å². The maximum Gasteiger partial charge on any atom is 0.262 e. The lowest BCUT2D eigenvalue weighted by molar-refractivity contribution is 0.100. The Hall–Kier alpha value is -3.38. The van der Waals surface area contributed by atoms with E-state index in [1.54, 1.807) is 16.7 Å². The number of thioether (sulfide) groups is 1. The number of hydrogen-bond donors (Lipinski definition) is 1. The van der Waals surface area contributed by atoms with Crippen molar-refractivity contribution in [2.75, 3.05) is 0 Å². The molecule has 150 valence electrons. The van der Waals surface area contributed by atoms with Crippen LogP contribution in [0.2, 0.25) is 0 Å². The zero-order valence-electron chi connectivity index (χ0n) is 16.5. The van der Waals surface area contributed by atoms with E-state index in [0.717, 1.165) is 11.1 Å². The molecule has 4 rings (SSSR count). The van der Waals surface area contributed by atoms with Gasteiger partial charge in [-0.2, -0.15) is 0 Å². The predicted molar refractivity (Wildman–Crippen MR) is 121 cm³/mol. The molecule has 0 aliphatic rings. The number of rotatable bonds is 6. The van der Waals surface area contributed by atoms with Crippen LogP contribution in [-0.2, 0) is 5.75 Å². The van der Waals surface area contributed by atoms with Crippen molar-refractivity contribution in [2.45, 2.75) is 23.9 Å². The SMILES string of the molecule is C[C@@H](c1ccccc1)n1c(SCc2ccc(C(N)=O)cc2)nc2ccccc2c1=O. The fraction of sp³-hybridized carbons (Fsp3) is 0.125. The Labute approximate surface area is 178 Å². The van der Waals surface area contributed by atoms with Crippen LogP contribution in [0.15, 0.2) is 88.8 Å². The summed E-state index contributed by atoms with van der Waals surface area (Å²) in [5, 5.41) is 1.27. The lowest BCUT2D eigenvalue weighted by atomic mass is 10.1. The first-order valence-electron chi connectivity index (χ1n) is 9.62. The van der Waals surface area contributed by atoms with Crippen molar-refractivity contribution in [3.63, 3.8) is 0 Å². The molecule has 4 aromatic rings. The molecule has 0 radical (unpaired) electrons. The lowest BCUT2D eigenvalue weighted by Gasteiger charge is -2.20. The van der Waals surface area contributed by atoms with Gasteiger partial charge in [0.05, 0.1) is 16.9 Å². The largest absolute Gasteiger partial charge is 0.366 e. The molecule has 1 aromatic heterocycles. The third-order valence-corrected chi connectivity index (χ3v) is 6.07. The van der Waals surface area contributed by atoms with E-state index in [9.17, 15) is 9.59 Å². The second-order valence-electron chi connectivity index (χ2n) is 7.02. The molecule has 2 N–H and O–H groups in total. The van der Waals surface area contributed by atoms with E-state index in [4.69, 9.17) is 10.7 Å². The molecule has 0 fully saturated rings. The van der Waals surface area contributed by atoms with Gasteiger partial charge in [-0.3, -0.25) is 14.2 Å². The van der Waals surface area contributed by atoms with E-state index >= 15 is 0 Å². The quantitative estimate of drug-likeness (QED) is 0.374. The van der Waals surface area contributed by atoms with E-state index in [2.05, 4.69) is 0 Å². The third-order valence-electron chi connectivity index (χ3n) is 5.05. The van der Waals surface area contributed by atoms with Crippen LogP contribution in [0.4, 0.5) is 0 Å². The lowest BCUT2D eigenvalue weighted by Crippen LogP contribution is -2.27. The van der Waals surface area contributed by atoms with Crippen molar-refractivity contribution >= 4 is 28.6 Å². The molecular weight excluding hydrogens is 394 g/mol. The minimum Gasteiger partial charge on any atom is -0.366 e. The number of aromatic nitrogens is 2. The minimum absolute atomic E-state index is 0.0523. The average Bonchev–Trinajstić information content (AvgIpc) is 2.78. The van der Waals surface area contributed by atoms with Crippen molar-refractivity contribution in [1.82, 2.24) is 9.55 Å². The van der Waals surface area contributed by atoms with Crippen molar-refractivity contribution in [3.05, 3.63) is 106 Å². The molecule has 1 atom stereocenters. The van der Waals surface area contributed by atoms with Crippen LogP contribution in [0.1, 0.15) is 34.5 Å². The normalized spacial score (nSPS) is 12.0. The summed E-state index contributed by atoms with van der Waals surface area (Å²) in [6, 6.07) is 24.4. The second-order valence-corrected chi connectivity index (χ2v) is 7.97. The smallest absolute Gasteiger partial charge is 0.262 e. The van der Waals surface area contributed by atoms with Crippen LogP contribution in [0.3, 0.4) is 0 Å². The van der Waals surface area contributed by atoms with E-state index in [-0.39, 0.29) is 11.6 Å². The summed E-state index contributed by atoms with van der Waals surface area (Å²) in [7, 11) is 0. The fourth-order valence-electron chi connectivity index (χ4n) is 3.36. The summed E-state index contributed by atoms with van der Waals surface area (Å²) in [4.78, 5) is 29.4. The van der Waals surface area contributed by atoms with Crippen LogP contribution >= 0.6 is 11.8 Å². The van der Waals surface area contributed by atoms with E-state index in [1.165, 1.54) is 11.8 Å². The molecule has 5 nitrogen and oxygen atoms in total. The Balaban J connectivity index is 1.74. The van der Waals surface area contributed by atoms with Gasteiger partial charge in [-0.25, -0.2) is 4.98 Å². The number of para-hydroxylation sites is 1. The first kappa shape index (κ1) is 19.9. The van der Waals surface area contributed by atoms with Gasteiger partial charge in [0.25, 0.3) is 5.56 Å². The molecule has 0 aliphatic heterocycles. The number of nitrogens with zero attached hydrogens (tertiary/aromatic N) is 2. The van der Waals surface area contributed by atoms with Gasteiger partial charge in [0.2, 0.25) is 5.91 Å². The van der Waals surface area contributed by atoms with E-state index < -0.39 is 5.91 Å². The number of amides is 1. The first-order valence-corrected chi connectivity index (χ1v) is 10.6. The highest BCUT2D eigenvalue weighted by Gasteiger charge is 2.18. The molecule has 0 saturated heterocycles. The molecule has 0 spiro atoms. The average molecular weight is 416 g/mol. The summed E-state index contributed by atoms with van der Waals surface area (Å²) < 4.78 is 1.76. The van der Waals surface area contributed by atoms with Gasteiger partial charge >= 0.3 is 0 Å². The maximum atomic E-state index is 13.4. The zero-order valence-corrected chi connectivity index (χ0v) is 17.3. The predicted octanol–water partition coefficient (Wildman–Crippen LogP) is 4.40. The molecule has 0 aliphatic carbocycles. The van der Waals surface area contributed by atoms with Gasteiger partial charge in [-0.05, 0) is 42.3 Å². The number of benzene rings is 3. The molecule has 6 heteroatoms. The van der Waals surface area contributed by atoms with Crippen LogP contribution in [-0.4, -0.2) is 15.5 Å². The number of carbonyl (C=O) groups is 1. The van der Waals surface area contributed by atoms with Crippen molar-refractivity contribution in [1.29, 1.82) is 0 Å². The van der Waals surface area contributed by atoms with Crippen LogP contribution in [0.5, 0.6) is 0 Å². The second kappa shape index (κ2) is 8.55. The molecule has 30 heavy (non-hydrogen) atoms. The van der Waals surface area contributed by atoms with Crippen LogP contribution in [0.25, 0.3) is 10.9 Å². The minimum atomic E-state index is -0.448. The topological polar surface area (TPSA) is 78.0 Å². The molecule has 0 unspecified atom stereocenters. The fourth-order valence-corrected chi connectivity index (χ4v) is 4.39. The Morgan fingerprint density at radius 3 is 2.37 bits per heavy atom. The molecule has 1 heterocycles. The summed E-state index contributed by atoms with van der Waals surface area (Å²) in [5.41, 5.74) is 8.49. The molecule has 3 aromatic carbocycles. The molecule has 0 bridgehead atoms. The highest BCUT2D eigenvalue weighted by Crippen LogP contribution is 2.27. The maximum absolute atomic E-state index is 13.4. The van der Waals surface area contributed by atoms with E-state index in [0.29, 0.717) is 27.4 Å². The van der Waals surface area contributed by atoms with Gasteiger partial charge in [0.1, 0.15) is 0 Å². The van der Waals surface area contributed by atoms with E-state index in [1.807, 2.05) is 73.7 Å².